The quantitative estimate of drug-likeness (QED) is 0.828. The second-order valence-electron chi connectivity index (χ2n) is 4.94. The Hall–Kier alpha value is -1.19. The van der Waals surface area contributed by atoms with Crippen molar-refractivity contribution in [3.05, 3.63) is 69.4 Å². The summed E-state index contributed by atoms with van der Waals surface area (Å²) in [6.07, 6.45) is 0.858. The number of nitrogens with one attached hydrogen (secondary N) is 1. The van der Waals surface area contributed by atoms with E-state index in [1.807, 2.05) is 18.2 Å². The molecular formula is C17H19BrFN. The van der Waals surface area contributed by atoms with E-state index in [0.717, 1.165) is 23.0 Å². The van der Waals surface area contributed by atoms with Crippen molar-refractivity contribution in [2.45, 2.75) is 26.3 Å². The summed E-state index contributed by atoms with van der Waals surface area (Å²) in [5.41, 5.74) is 3.53. The Morgan fingerprint density at radius 2 is 1.95 bits per heavy atom. The predicted molar refractivity (Wildman–Crippen MR) is 85.4 cm³/mol. The Morgan fingerprint density at radius 1 is 1.20 bits per heavy atom. The van der Waals surface area contributed by atoms with Gasteiger partial charge in [-0.25, -0.2) is 4.39 Å². The molecule has 2 aromatic rings. The summed E-state index contributed by atoms with van der Waals surface area (Å²) in [6.45, 7) is 5.03. The zero-order chi connectivity index (χ0) is 14.5. The summed E-state index contributed by atoms with van der Waals surface area (Å²) in [6, 6.07) is 13.5. The summed E-state index contributed by atoms with van der Waals surface area (Å²) >= 11 is 3.36. The van der Waals surface area contributed by atoms with E-state index in [0.29, 0.717) is 0 Å². The predicted octanol–water partition coefficient (Wildman–Crippen LogP) is 4.79. The number of rotatable bonds is 5. The van der Waals surface area contributed by atoms with Crippen molar-refractivity contribution in [2.24, 2.45) is 0 Å². The normalized spacial score (nSPS) is 12.4. The molecular weight excluding hydrogens is 317 g/mol. The van der Waals surface area contributed by atoms with Gasteiger partial charge in [0.05, 0.1) is 0 Å². The average Bonchev–Trinajstić information content (AvgIpc) is 2.39. The molecule has 0 amide bonds. The number of hydrogen-bond acceptors (Lipinski definition) is 1. The first-order chi connectivity index (χ1) is 9.60. The molecule has 0 heterocycles. The van der Waals surface area contributed by atoms with E-state index in [4.69, 9.17) is 0 Å². The van der Waals surface area contributed by atoms with Crippen LogP contribution in [0.5, 0.6) is 0 Å². The lowest BCUT2D eigenvalue weighted by Gasteiger charge is -2.20. The van der Waals surface area contributed by atoms with Gasteiger partial charge in [0.2, 0.25) is 0 Å². The minimum absolute atomic E-state index is 0.119. The zero-order valence-corrected chi connectivity index (χ0v) is 13.4. The van der Waals surface area contributed by atoms with Gasteiger partial charge in [-0.15, -0.1) is 0 Å². The van der Waals surface area contributed by atoms with Crippen molar-refractivity contribution in [2.75, 3.05) is 6.54 Å². The van der Waals surface area contributed by atoms with Crippen molar-refractivity contribution >= 4 is 15.9 Å². The molecule has 0 aliphatic rings. The molecule has 1 unspecified atom stereocenters. The van der Waals surface area contributed by atoms with Crippen LogP contribution in [0.4, 0.5) is 4.39 Å². The van der Waals surface area contributed by atoms with E-state index in [1.54, 1.807) is 6.07 Å². The van der Waals surface area contributed by atoms with Crippen molar-refractivity contribution in [3.8, 4) is 0 Å². The highest BCUT2D eigenvalue weighted by Crippen LogP contribution is 2.24. The highest BCUT2D eigenvalue weighted by Gasteiger charge is 2.14. The molecule has 1 atom stereocenters. The Labute approximate surface area is 128 Å². The third-order valence-electron chi connectivity index (χ3n) is 3.42. The molecule has 3 heteroatoms. The summed E-state index contributed by atoms with van der Waals surface area (Å²) < 4.78 is 14.4. The molecule has 0 spiro atoms. The van der Waals surface area contributed by atoms with Crippen LogP contribution in [0.1, 0.15) is 29.7 Å². The molecule has 0 aromatic heterocycles. The monoisotopic (exact) mass is 335 g/mol. The van der Waals surface area contributed by atoms with E-state index >= 15 is 0 Å². The molecule has 0 aliphatic carbocycles. The summed E-state index contributed by atoms with van der Waals surface area (Å²) in [5.74, 6) is -0.206. The molecule has 0 saturated carbocycles. The summed E-state index contributed by atoms with van der Waals surface area (Å²) in [5, 5.41) is 3.44. The topological polar surface area (TPSA) is 12.0 Å². The molecule has 106 valence electrons. The molecule has 0 saturated heterocycles. The van der Waals surface area contributed by atoms with Crippen LogP contribution in [0.2, 0.25) is 0 Å². The maximum absolute atomic E-state index is 13.6. The van der Waals surface area contributed by atoms with Crippen LogP contribution in [-0.4, -0.2) is 6.54 Å². The minimum atomic E-state index is -0.206. The number of halogens is 2. The van der Waals surface area contributed by atoms with Gasteiger partial charge in [0.1, 0.15) is 5.82 Å². The number of aryl methyl sites for hydroxylation is 1. The van der Waals surface area contributed by atoms with E-state index in [1.165, 1.54) is 17.2 Å². The molecule has 20 heavy (non-hydrogen) atoms. The first-order valence-corrected chi connectivity index (χ1v) is 7.63. The van der Waals surface area contributed by atoms with Crippen LogP contribution < -0.4 is 5.32 Å². The number of hydrogen-bond donors (Lipinski definition) is 1. The van der Waals surface area contributed by atoms with Crippen LogP contribution in [0.15, 0.2) is 46.9 Å². The number of benzene rings is 2. The van der Waals surface area contributed by atoms with Gasteiger partial charge in [0, 0.05) is 10.5 Å². The lowest BCUT2D eigenvalue weighted by Crippen LogP contribution is -2.23. The second-order valence-corrected chi connectivity index (χ2v) is 5.86. The number of likely N-dealkylation sites (N-methyl/N-ethyl adjacent to an activating group) is 1. The molecule has 2 rings (SSSR count). The maximum Gasteiger partial charge on any atom is 0.124 e. The Bertz CT molecular complexity index is 563. The van der Waals surface area contributed by atoms with Gasteiger partial charge in [-0.05, 0) is 54.8 Å². The van der Waals surface area contributed by atoms with Crippen LogP contribution in [0.25, 0.3) is 0 Å². The first kappa shape index (κ1) is 15.2. The van der Waals surface area contributed by atoms with Gasteiger partial charge in [-0.1, -0.05) is 47.1 Å². The van der Waals surface area contributed by atoms with Gasteiger partial charge >= 0.3 is 0 Å². The van der Waals surface area contributed by atoms with Gasteiger partial charge in [-0.2, -0.15) is 0 Å². The largest absolute Gasteiger partial charge is 0.310 e. The lowest BCUT2D eigenvalue weighted by molar-refractivity contribution is 0.541. The first-order valence-electron chi connectivity index (χ1n) is 6.84. The van der Waals surface area contributed by atoms with Crippen LogP contribution in [0.3, 0.4) is 0 Å². The van der Waals surface area contributed by atoms with E-state index in [-0.39, 0.29) is 11.9 Å². The third-order valence-corrected chi connectivity index (χ3v) is 3.88. The molecule has 0 radical (unpaired) electrons. The molecule has 2 aromatic carbocycles. The summed E-state index contributed by atoms with van der Waals surface area (Å²) in [4.78, 5) is 0. The molecule has 1 N–H and O–H groups in total. The highest BCUT2D eigenvalue weighted by atomic mass is 79.9. The van der Waals surface area contributed by atoms with E-state index in [2.05, 4.69) is 47.2 Å². The molecule has 0 fully saturated rings. The Morgan fingerprint density at radius 3 is 2.60 bits per heavy atom. The fourth-order valence-electron chi connectivity index (χ4n) is 2.39. The molecule has 0 aliphatic heterocycles. The smallest absolute Gasteiger partial charge is 0.124 e. The molecule has 1 nitrogen and oxygen atoms in total. The van der Waals surface area contributed by atoms with Crippen LogP contribution in [-0.2, 0) is 6.42 Å². The second kappa shape index (κ2) is 7.00. The standard InChI is InChI=1S/C17H19BrFN/c1-3-20-17(10-13-7-5-4-6-12(13)2)14-8-15(18)11-16(19)9-14/h4-9,11,17,20H,3,10H2,1-2H3. The fourth-order valence-corrected chi connectivity index (χ4v) is 2.87. The zero-order valence-electron chi connectivity index (χ0n) is 11.8. The van der Waals surface area contributed by atoms with Gasteiger partial charge in [-0.3, -0.25) is 0 Å². The van der Waals surface area contributed by atoms with Crippen LogP contribution in [0, 0.1) is 12.7 Å². The van der Waals surface area contributed by atoms with Gasteiger partial charge in [0.25, 0.3) is 0 Å². The maximum atomic E-state index is 13.6. The van der Waals surface area contributed by atoms with Crippen LogP contribution >= 0.6 is 15.9 Å². The SMILES string of the molecule is CCNC(Cc1ccccc1C)c1cc(F)cc(Br)c1. The minimum Gasteiger partial charge on any atom is -0.310 e. The lowest BCUT2D eigenvalue weighted by atomic mass is 9.96. The van der Waals surface area contributed by atoms with Gasteiger partial charge < -0.3 is 5.32 Å². The molecule has 0 bridgehead atoms. The highest BCUT2D eigenvalue weighted by molar-refractivity contribution is 9.10. The fraction of sp³-hybridized carbons (Fsp3) is 0.294. The van der Waals surface area contributed by atoms with Crippen molar-refractivity contribution in [1.29, 1.82) is 0 Å². The Kier molecular flexibility index (Phi) is 5.32. The van der Waals surface area contributed by atoms with E-state index in [9.17, 15) is 4.39 Å². The van der Waals surface area contributed by atoms with E-state index < -0.39 is 0 Å². The van der Waals surface area contributed by atoms with Crippen molar-refractivity contribution in [3.63, 3.8) is 0 Å². The van der Waals surface area contributed by atoms with Crippen molar-refractivity contribution in [1.82, 2.24) is 5.32 Å². The third kappa shape index (κ3) is 3.90. The Balaban J connectivity index is 2.29. The average molecular weight is 336 g/mol. The van der Waals surface area contributed by atoms with Gasteiger partial charge in [0.15, 0.2) is 0 Å². The summed E-state index contributed by atoms with van der Waals surface area (Å²) in [7, 11) is 0. The van der Waals surface area contributed by atoms with Crippen molar-refractivity contribution < 1.29 is 4.39 Å².